The van der Waals surface area contributed by atoms with Crippen LogP contribution in [0, 0.1) is 12.7 Å². The molecule has 3 N–H and O–H groups in total. The van der Waals surface area contributed by atoms with Crippen LogP contribution in [0.1, 0.15) is 28.4 Å². The van der Waals surface area contributed by atoms with E-state index in [1.54, 1.807) is 24.3 Å². The fraction of sp³-hybridized carbons (Fsp3) is 0.118. The maximum Gasteiger partial charge on any atom is 0.271 e. The van der Waals surface area contributed by atoms with Gasteiger partial charge in [0, 0.05) is 27.9 Å². The van der Waals surface area contributed by atoms with E-state index in [2.05, 4.69) is 42.1 Å². The monoisotopic (exact) mass is 701 g/mol. The summed E-state index contributed by atoms with van der Waals surface area (Å²) in [7, 11) is 0. The summed E-state index contributed by atoms with van der Waals surface area (Å²) in [5, 5.41) is 12.8. The molecule has 4 aromatic carbocycles. The number of nitrogens with zero attached hydrogens (tertiary/aromatic N) is 2. The van der Waals surface area contributed by atoms with Gasteiger partial charge in [-0.1, -0.05) is 29.8 Å². The van der Waals surface area contributed by atoms with Gasteiger partial charge in [-0.15, -0.1) is 11.3 Å². The van der Waals surface area contributed by atoms with Crippen molar-refractivity contribution in [2.24, 2.45) is 5.10 Å². The van der Waals surface area contributed by atoms with Gasteiger partial charge in [-0.25, -0.2) is 14.8 Å². The third-order valence-corrected chi connectivity index (χ3v) is 7.78. The average molecular weight is 703 g/mol. The number of amides is 2. The van der Waals surface area contributed by atoms with Crippen molar-refractivity contribution in [1.29, 1.82) is 0 Å². The molecule has 0 radical (unpaired) electrons. The zero-order valence-electron chi connectivity index (χ0n) is 24.8. The topological polar surface area (TPSA) is 114 Å². The van der Waals surface area contributed by atoms with Crippen LogP contribution in [0.15, 0.2) is 99.9 Å². The Morgan fingerprint density at radius 2 is 1.70 bits per heavy atom. The number of carbonyl (C=O) groups excluding carboxylic acids is 2. The van der Waals surface area contributed by atoms with E-state index in [-0.39, 0.29) is 12.5 Å². The van der Waals surface area contributed by atoms with Crippen LogP contribution in [0.4, 0.5) is 20.9 Å². The average Bonchev–Trinajstić information content (AvgIpc) is 3.51. The molecule has 0 aliphatic carbocycles. The van der Waals surface area contributed by atoms with Crippen LogP contribution >= 0.6 is 27.3 Å². The Morgan fingerprint density at radius 1 is 0.978 bits per heavy atom. The smallest absolute Gasteiger partial charge is 0.271 e. The minimum absolute atomic E-state index is 0.299. The first kappa shape index (κ1) is 32.3. The Balaban J connectivity index is 1.17. The van der Waals surface area contributed by atoms with E-state index >= 15 is 0 Å². The number of hydrazone groups is 1. The van der Waals surface area contributed by atoms with E-state index < -0.39 is 11.7 Å². The lowest BCUT2D eigenvalue weighted by Gasteiger charge is -2.14. The predicted molar refractivity (Wildman–Crippen MR) is 183 cm³/mol. The Bertz CT molecular complexity index is 1850. The molecule has 46 heavy (non-hydrogen) atoms. The van der Waals surface area contributed by atoms with Gasteiger partial charge in [0.25, 0.3) is 11.8 Å². The minimum Gasteiger partial charge on any atom is -0.490 e. The molecule has 9 nitrogen and oxygen atoms in total. The fourth-order valence-corrected chi connectivity index (χ4v) is 5.49. The number of anilines is 3. The number of hydrogen-bond acceptors (Lipinski definition) is 8. The second-order valence-corrected chi connectivity index (χ2v) is 11.6. The van der Waals surface area contributed by atoms with Crippen molar-refractivity contribution in [2.45, 2.75) is 13.8 Å². The van der Waals surface area contributed by atoms with E-state index in [9.17, 15) is 14.0 Å². The molecule has 0 fully saturated rings. The molecule has 0 atom stereocenters. The zero-order valence-corrected chi connectivity index (χ0v) is 27.2. The standard InChI is InChI=1S/C34H29BrFN5O4S/c1-3-44-30-17-22(16-28(35)32(30)45-19-31(42)38-26-14-10-25(36)11-15-26)18-37-41-33(43)24-8-6-23(7-9-24)29-20-46-34(40-29)39-27-12-4-21(2)5-13-27/h4-18,20H,3,19H2,1-2H3,(H,38,42)(H,39,40)(H,41,43)/b37-18+. The van der Waals surface area contributed by atoms with Gasteiger partial charge in [-0.3, -0.25) is 9.59 Å². The van der Waals surface area contributed by atoms with Crippen LogP contribution in [-0.2, 0) is 4.79 Å². The van der Waals surface area contributed by atoms with Gasteiger partial charge in [-0.2, -0.15) is 5.10 Å². The maximum atomic E-state index is 13.1. The summed E-state index contributed by atoms with van der Waals surface area (Å²) < 4.78 is 25.1. The lowest BCUT2D eigenvalue weighted by molar-refractivity contribution is -0.118. The molecule has 5 aromatic rings. The van der Waals surface area contributed by atoms with Gasteiger partial charge >= 0.3 is 0 Å². The van der Waals surface area contributed by atoms with Gasteiger partial charge in [0.1, 0.15) is 5.82 Å². The Kier molecular flexibility index (Phi) is 10.7. The van der Waals surface area contributed by atoms with Crippen LogP contribution < -0.4 is 25.5 Å². The number of aryl methyl sites for hydroxylation is 1. The summed E-state index contributed by atoms with van der Waals surface area (Å²) in [5.41, 5.74) is 7.89. The number of ether oxygens (including phenoxy) is 2. The lowest BCUT2D eigenvalue weighted by Crippen LogP contribution is -2.20. The van der Waals surface area contributed by atoms with Crippen molar-refractivity contribution < 1.29 is 23.5 Å². The van der Waals surface area contributed by atoms with Gasteiger partial charge in [0.2, 0.25) is 0 Å². The minimum atomic E-state index is -0.422. The number of rotatable bonds is 12. The molecule has 0 saturated heterocycles. The molecule has 1 aromatic heterocycles. The van der Waals surface area contributed by atoms with Crippen molar-refractivity contribution in [3.05, 3.63) is 117 Å². The first-order valence-electron chi connectivity index (χ1n) is 14.1. The summed E-state index contributed by atoms with van der Waals surface area (Å²) in [4.78, 5) is 29.8. The van der Waals surface area contributed by atoms with E-state index in [4.69, 9.17) is 9.47 Å². The van der Waals surface area contributed by atoms with Crippen molar-refractivity contribution >= 4 is 61.8 Å². The SMILES string of the molecule is CCOc1cc(/C=N/NC(=O)c2ccc(-c3csc(Nc4ccc(C)cc4)n3)cc2)cc(Br)c1OCC(=O)Nc1ccc(F)cc1. The highest BCUT2D eigenvalue weighted by atomic mass is 79.9. The molecule has 0 unspecified atom stereocenters. The first-order chi connectivity index (χ1) is 22.3. The quantitative estimate of drug-likeness (QED) is 0.0899. The zero-order chi connectivity index (χ0) is 32.5. The maximum absolute atomic E-state index is 13.1. The first-order valence-corrected chi connectivity index (χ1v) is 15.8. The normalized spacial score (nSPS) is 10.9. The molecule has 0 aliphatic rings. The molecular formula is C34H29BrFN5O4S. The van der Waals surface area contributed by atoms with Crippen molar-refractivity contribution in [2.75, 3.05) is 23.8 Å². The largest absolute Gasteiger partial charge is 0.490 e. The summed E-state index contributed by atoms with van der Waals surface area (Å²) in [6.45, 7) is 3.91. The fourth-order valence-electron chi connectivity index (χ4n) is 4.18. The number of benzene rings is 4. The Morgan fingerprint density at radius 3 is 2.41 bits per heavy atom. The number of aromatic nitrogens is 1. The Labute approximate surface area is 277 Å². The summed E-state index contributed by atoms with van der Waals surface area (Å²) in [6.07, 6.45) is 1.47. The number of halogens is 2. The van der Waals surface area contributed by atoms with Gasteiger partial charge < -0.3 is 20.1 Å². The van der Waals surface area contributed by atoms with Crippen LogP contribution in [0.25, 0.3) is 11.3 Å². The number of thiazole rings is 1. The third-order valence-electron chi connectivity index (χ3n) is 6.44. The lowest BCUT2D eigenvalue weighted by atomic mass is 10.1. The molecule has 0 bridgehead atoms. The summed E-state index contributed by atoms with van der Waals surface area (Å²) >= 11 is 4.97. The highest BCUT2D eigenvalue weighted by molar-refractivity contribution is 9.10. The molecule has 0 aliphatic heterocycles. The second-order valence-electron chi connectivity index (χ2n) is 9.91. The number of hydrogen-bond donors (Lipinski definition) is 3. The molecule has 0 saturated carbocycles. The summed E-state index contributed by atoms with van der Waals surface area (Å²) in [5.74, 6) is -0.483. The molecule has 1 heterocycles. The molecule has 0 spiro atoms. The van der Waals surface area contributed by atoms with E-state index in [0.29, 0.717) is 39.4 Å². The van der Waals surface area contributed by atoms with Crippen LogP contribution in [0.3, 0.4) is 0 Å². The molecule has 2 amide bonds. The van der Waals surface area contributed by atoms with Crippen molar-refractivity contribution in [1.82, 2.24) is 10.4 Å². The molecule has 12 heteroatoms. The molecule has 234 valence electrons. The predicted octanol–water partition coefficient (Wildman–Crippen LogP) is 7.94. The van der Waals surface area contributed by atoms with Crippen molar-refractivity contribution in [3.8, 4) is 22.8 Å². The number of carbonyl (C=O) groups is 2. The van der Waals surface area contributed by atoms with Gasteiger partial charge in [0.15, 0.2) is 23.2 Å². The van der Waals surface area contributed by atoms with Gasteiger partial charge in [0.05, 0.1) is 23.0 Å². The van der Waals surface area contributed by atoms with Gasteiger partial charge in [-0.05, 0) is 96.0 Å². The van der Waals surface area contributed by atoms with Crippen molar-refractivity contribution in [3.63, 3.8) is 0 Å². The highest BCUT2D eigenvalue weighted by Gasteiger charge is 2.15. The molecular weight excluding hydrogens is 673 g/mol. The van der Waals surface area contributed by atoms with Crippen LogP contribution in [-0.4, -0.2) is 36.2 Å². The van der Waals surface area contributed by atoms with Crippen LogP contribution in [0.5, 0.6) is 11.5 Å². The number of nitrogens with one attached hydrogen (secondary N) is 3. The third kappa shape index (κ3) is 8.77. The van der Waals surface area contributed by atoms with E-state index in [0.717, 1.165) is 22.1 Å². The Hall–Kier alpha value is -5.07. The second kappa shape index (κ2) is 15.3. The molecule has 5 rings (SSSR count). The van der Waals surface area contributed by atoms with E-state index in [1.807, 2.05) is 55.6 Å². The summed E-state index contributed by atoms with van der Waals surface area (Å²) in [6, 6.07) is 24.0. The highest BCUT2D eigenvalue weighted by Crippen LogP contribution is 2.36. The van der Waals surface area contributed by atoms with E-state index in [1.165, 1.54) is 47.4 Å². The van der Waals surface area contributed by atoms with Crippen LogP contribution in [0.2, 0.25) is 0 Å².